The molecule has 0 atom stereocenters. The van der Waals surface area contributed by atoms with E-state index in [1.807, 2.05) is 0 Å². The third-order valence-electron chi connectivity index (χ3n) is 4.35. The maximum absolute atomic E-state index is 12.7. The predicted molar refractivity (Wildman–Crippen MR) is 117 cm³/mol. The molecule has 2 aromatic carbocycles. The van der Waals surface area contributed by atoms with Gasteiger partial charge in [-0.25, -0.2) is 9.79 Å². The minimum atomic E-state index is -1.35. The number of ether oxygens (including phenoxy) is 3. The van der Waals surface area contributed by atoms with Crippen LogP contribution in [0.15, 0.2) is 52.4 Å². The van der Waals surface area contributed by atoms with Gasteiger partial charge in [0, 0.05) is 7.05 Å². The number of nitrogens with zero attached hydrogens (tertiary/aromatic N) is 2. The van der Waals surface area contributed by atoms with Gasteiger partial charge in [-0.1, -0.05) is 6.07 Å². The summed E-state index contributed by atoms with van der Waals surface area (Å²) in [5.41, 5.74) is 1.65. The van der Waals surface area contributed by atoms with Crippen LogP contribution >= 0.6 is 11.8 Å². The number of carboxylic acid groups (broad SMARTS) is 1. The first-order valence-electron chi connectivity index (χ1n) is 9.27. The van der Waals surface area contributed by atoms with E-state index in [9.17, 15) is 19.5 Å². The number of hydrogen-bond acceptors (Lipinski definition) is 9. The Kier molecular flexibility index (Phi) is 7.16. The summed E-state index contributed by atoms with van der Waals surface area (Å²) in [4.78, 5) is 41.2. The van der Waals surface area contributed by atoms with Crippen molar-refractivity contribution in [3.8, 4) is 11.5 Å². The number of thioether (sulfide) groups is 1. The van der Waals surface area contributed by atoms with Crippen molar-refractivity contribution in [3.63, 3.8) is 0 Å². The number of rotatable bonds is 7. The van der Waals surface area contributed by atoms with Crippen molar-refractivity contribution in [1.29, 1.82) is 0 Å². The van der Waals surface area contributed by atoms with Gasteiger partial charge in [0.25, 0.3) is 5.91 Å². The van der Waals surface area contributed by atoms with Crippen LogP contribution in [0, 0.1) is 0 Å². The molecule has 0 aliphatic carbocycles. The monoisotopic (exact) mass is 455 g/mol. The molecule has 0 radical (unpaired) electrons. The Morgan fingerprint density at radius 3 is 2.47 bits per heavy atom. The number of carbonyl (C=O) groups excluding carboxylic acids is 3. The quantitative estimate of drug-likeness (QED) is 0.459. The van der Waals surface area contributed by atoms with Crippen LogP contribution in [-0.2, 0) is 14.3 Å². The number of methoxy groups -OCH3 is 2. The van der Waals surface area contributed by atoms with E-state index in [4.69, 9.17) is 9.47 Å². The molecule has 3 rings (SSSR count). The Labute approximate surface area is 188 Å². The first-order valence-corrected chi connectivity index (χ1v) is 10.1. The summed E-state index contributed by atoms with van der Waals surface area (Å²) in [7, 11) is 4.36. The highest BCUT2D eigenvalue weighted by atomic mass is 32.2. The molecule has 0 aromatic heterocycles. The molecule has 0 saturated carbocycles. The van der Waals surface area contributed by atoms with Crippen molar-refractivity contribution in [2.75, 3.05) is 27.9 Å². The van der Waals surface area contributed by atoms with Crippen molar-refractivity contribution in [3.05, 3.63) is 58.5 Å². The van der Waals surface area contributed by atoms with E-state index in [1.165, 1.54) is 30.9 Å². The number of benzene rings is 2. The summed E-state index contributed by atoms with van der Waals surface area (Å²) < 4.78 is 15.0. The fourth-order valence-electron chi connectivity index (χ4n) is 2.73. The Balaban J connectivity index is 1.81. The van der Waals surface area contributed by atoms with Crippen molar-refractivity contribution in [2.24, 2.45) is 4.99 Å². The molecule has 0 N–H and O–H groups in total. The summed E-state index contributed by atoms with van der Waals surface area (Å²) in [6.45, 7) is -0.601. The topological polar surface area (TPSA) is 118 Å². The number of carboxylic acids is 1. The number of aliphatic carboxylic acids is 1. The predicted octanol–water partition coefficient (Wildman–Crippen LogP) is 1.84. The van der Waals surface area contributed by atoms with Crippen LogP contribution < -0.4 is 14.6 Å². The number of carbonyl (C=O) groups is 3. The first kappa shape index (κ1) is 22.9. The highest BCUT2D eigenvalue weighted by molar-refractivity contribution is 8.18. The van der Waals surface area contributed by atoms with Crippen molar-refractivity contribution in [2.45, 2.75) is 0 Å². The number of aliphatic imine (C=N–C) groups is 1. The summed E-state index contributed by atoms with van der Waals surface area (Å²) in [5.74, 6) is -1.44. The fraction of sp³-hybridized carbons (Fsp3) is 0.182. The summed E-state index contributed by atoms with van der Waals surface area (Å²) in [5, 5.41) is 11.1. The van der Waals surface area contributed by atoms with Gasteiger partial charge in [-0.3, -0.25) is 9.69 Å². The van der Waals surface area contributed by atoms with Gasteiger partial charge in [-0.05, 0) is 59.8 Å². The van der Waals surface area contributed by atoms with E-state index in [0.717, 1.165) is 0 Å². The standard InChI is InChI=1S/C22H20N2O7S/c1-24-20(27)18(11-13-4-9-16(17(10-13)29-2)31-12-19(25)26)32-22(24)23-15-7-5-14(6-8-15)21(28)30-3/h4-11H,12H2,1-3H3,(H,25,26)/p-1/b18-11-,23-22?. The van der Waals surface area contributed by atoms with Gasteiger partial charge in [0.2, 0.25) is 0 Å². The van der Waals surface area contributed by atoms with E-state index >= 15 is 0 Å². The molecule has 0 bridgehead atoms. The molecule has 10 heteroatoms. The normalized spacial score (nSPS) is 15.8. The van der Waals surface area contributed by atoms with Crippen LogP contribution in [0.3, 0.4) is 0 Å². The van der Waals surface area contributed by atoms with Crippen LogP contribution in [-0.4, -0.2) is 55.8 Å². The average Bonchev–Trinajstić information content (AvgIpc) is 3.05. The molecule has 32 heavy (non-hydrogen) atoms. The number of hydrogen-bond donors (Lipinski definition) is 0. The van der Waals surface area contributed by atoms with Crippen molar-refractivity contribution in [1.82, 2.24) is 4.90 Å². The Morgan fingerprint density at radius 1 is 1.12 bits per heavy atom. The number of amides is 1. The minimum absolute atomic E-state index is 0.226. The second kappa shape index (κ2) is 10.0. The summed E-state index contributed by atoms with van der Waals surface area (Å²) in [6.07, 6.45) is 1.68. The van der Waals surface area contributed by atoms with Crippen LogP contribution in [0.2, 0.25) is 0 Å². The zero-order valence-corrected chi connectivity index (χ0v) is 18.3. The molecule has 9 nitrogen and oxygen atoms in total. The molecule has 1 aliphatic rings. The fourth-order valence-corrected chi connectivity index (χ4v) is 3.72. The maximum Gasteiger partial charge on any atom is 0.337 e. The van der Waals surface area contributed by atoms with Crippen LogP contribution in [0.5, 0.6) is 11.5 Å². The van der Waals surface area contributed by atoms with Crippen LogP contribution in [0.1, 0.15) is 15.9 Å². The lowest BCUT2D eigenvalue weighted by atomic mass is 10.2. The number of amidine groups is 1. The van der Waals surface area contributed by atoms with Gasteiger partial charge < -0.3 is 24.1 Å². The second-order valence-electron chi connectivity index (χ2n) is 6.48. The largest absolute Gasteiger partial charge is 0.546 e. The van der Waals surface area contributed by atoms with Gasteiger partial charge in [-0.2, -0.15) is 0 Å². The molecule has 2 aromatic rings. The molecule has 1 saturated heterocycles. The van der Waals surface area contributed by atoms with Gasteiger partial charge >= 0.3 is 5.97 Å². The zero-order valence-electron chi connectivity index (χ0n) is 17.5. The second-order valence-corrected chi connectivity index (χ2v) is 7.49. The molecule has 0 spiro atoms. The molecule has 0 unspecified atom stereocenters. The zero-order chi connectivity index (χ0) is 23.3. The lowest BCUT2D eigenvalue weighted by Crippen LogP contribution is -2.29. The Bertz CT molecular complexity index is 1110. The SMILES string of the molecule is COC(=O)c1ccc(N=C2S/C(=C\c3ccc(OCC(=O)[O-])c(OC)c3)C(=O)N2C)cc1. The van der Waals surface area contributed by atoms with Crippen molar-refractivity contribution < 1.29 is 33.7 Å². The Hall–Kier alpha value is -3.79. The lowest BCUT2D eigenvalue weighted by molar-refractivity contribution is -0.307. The molecular weight excluding hydrogens is 436 g/mol. The molecule has 166 valence electrons. The number of esters is 1. The van der Waals surface area contributed by atoms with Crippen LogP contribution in [0.25, 0.3) is 6.08 Å². The van der Waals surface area contributed by atoms with Gasteiger partial charge in [-0.15, -0.1) is 0 Å². The van der Waals surface area contributed by atoms with Crippen LogP contribution in [0.4, 0.5) is 5.69 Å². The Morgan fingerprint density at radius 2 is 1.84 bits per heavy atom. The van der Waals surface area contributed by atoms with Gasteiger partial charge in [0.05, 0.1) is 36.3 Å². The van der Waals surface area contributed by atoms with Gasteiger partial charge in [0.15, 0.2) is 16.7 Å². The van der Waals surface area contributed by atoms with Crippen molar-refractivity contribution >= 4 is 46.5 Å². The third-order valence-corrected chi connectivity index (χ3v) is 5.41. The summed E-state index contributed by atoms with van der Waals surface area (Å²) >= 11 is 1.20. The minimum Gasteiger partial charge on any atom is -0.546 e. The van der Waals surface area contributed by atoms with E-state index in [0.29, 0.717) is 32.6 Å². The van der Waals surface area contributed by atoms with E-state index in [2.05, 4.69) is 9.73 Å². The van der Waals surface area contributed by atoms with E-state index in [-0.39, 0.29) is 11.7 Å². The maximum atomic E-state index is 12.7. The van der Waals surface area contributed by atoms with E-state index in [1.54, 1.807) is 55.6 Å². The molecule has 1 heterocycles. The summed E-state index contributed by atoms with van der Waals surface area (Å²) in [6, 6.07) is 11.4. The highest BCUT2D eigenvalue weighted by Crippen LogP contribution is 2.35. The molecular formula is C22H19N2O7S-. The highest BCUT2D eigenvalue weighted by Gasteiger charge is 2.30. The molecule has 1 fully saturated rings. The third kappa shape index (κ3) is 5.27. The molecule has 1 aliphatic heterocycles. The lowest BCUT2D eigenvalue weighted by Gasteiger charge is -2.11. The first-order chi connectivity index (χ1) is 15.3. The van der Waals surface area contributed by atoms with E-state index < -0.39 is 18.5 Å². The number of likely N-dealkylation sites (N-methyl/N-ethyl adjacent to an activating group) is 1. The smallest absolute Gasteiger partial charge is 0.337 e. The average molecular weight is 455 g/mol. The molecule has 1 amide bonds. The van der Waals surface area contributed by atoms with Gasteiger partial charge in [0.1, 0.15) is 6.61 Å².